The van der Waals surface area contributed by atoms with Gasteiger partial charge in [0.15, 0.2) is 0 Å². The Hall–Kier alpha value is -0.470. The first-order chi connectivity index (χ1) is 7.68. The predicted molar refractivity (Wildman–Crippen MR) is 69.9 cm³/mol. The third-order valence-corrected chi connectivity index (χ3v) is 4.55. The summed E-state index contributed by atoms with van der Waals surface area (Å²) >= 11 is 1.79. The van der Waals surface area contributed by atoms with Gasteiger partial charge in [0.1, 0.15) is 0 Å². The second-order valence-corrected chi connectivity index (χ2v) is 5.94. The summed E-state index contributed by atoms with van der Waals surface area (Å²) in [5, 5.41) is 10.4. The number of hydrogen-bond acceptors (Lipinski definition) is 2. The topological polar surface area (TPSA) is 20.2 Å². The van der Waals surface area contributed by atoms with Crippen molar-refractivity contribution < 1.29 is 5.11 Å². The van der Waals surface area contributed by atoms with Crippen LogP contribution in [0.3, 0.4) is 0 Å². The lowest BCUT2D eigenvalue weighted by atomic mass is 9.86. The zero-order valence-corrected chi connectivity index (χ0v) is 10.7. The molecule has 0 heterocycles. The molecule has 0 aliphatic heterocycles. The van der Waals surface area contributed by atoms with Crippen molar-refractivity contribution in [1.82, 2.24) is 0 Å². The number of aryl methyl sites for hydroxylation is 1. The Balaban J connectivity index is 1.91. The Morgan fingerprint density at radius 3 is 2.69 bits per heavy atom. The minimum absolute atomic E-state index is 0.410. The Labute approximate surface area is 102 Å². The van der Waals surface area contributed by atoms with E-state index in [1.807, 2.05) is 0 Å². The van der Waals surface area contributed by atoms with Gasteiger partial charge in [0.25, 0.3) is 0 Å². The molecule has 2 rings (SSSR count). The molecular formula is C14H20OS. The summed E-state index contributed by atoms with van der Waals surface area (Å²) in [5.41, 5.74) is 0.882. The molecule has 1 aliphatic carbocycles. The van der Waals surface area contributed by atoms with Crippen LogP contribution in [0.15, 0.2) is 29.2 Å². The smallest absolute Gasteiger partial charge is 0.0741 e. The zero-order valence-electron chi connectivity index (χ0n) is 9.91. The molecule has 1 nitrogen and oxygen atoms in total. The van der Waals surface area contributed by atoms with E-state index in [9.17, 15) is 5.11 Å². The van der Waals surface area contributed by atoms with Gasteiger partial charge in [0.2, 0.25) is 0 Å². The Kier molecular flexibility index (Phi) is 3.93. The van der Waals surface area contributed by atoms with E-state index in [0.717, 1.165) is 18.6 Å². The molecule has 0 spiro atoms. The van der Waals surface area contributed by atoms with Crippen molar-refractivity contribution in [3.63, 3.8) is 0 Å². The lowest BCUT2D eigenvalue weighted by Gasteiger charge is -2.31. The van der Waals surface area contributed by atoms with Gasteiger partial charge < -0.3 is 5.11 Å². The molecule has 1 fully saturated rings. The molecule has 1 aromatic carbocycles. The minimum Gasteiger partial charge on any atom is -0.389 e. The first-order valence-corrected chi connectivity index (χ1v) is 7.08. The van der Waals surface area contributed by atoms with Crippen molar-refractivity contribution in [1.29, 1.82) is 0 Å². The van der Waals surface area contributed by atoms with Crippen molar-refractivity contribution in [3.05, 3.63) is 29.8 Å². The first kappa shape index (κ1) is 12.0. The zero-order chi connectivity index (χ0) is 11.4. The van der Waals surface area contributed by atoms with Gasteiger partial charge in [-0.15, -0.1) is 11.8 Å². The molecule has 16 heavy (non-hydrogen) atoms. The fourth-order valence-corrected chi connectivity index (χ4v) is 3.45. The van der Waals surface area contributed by atoms with Crippen molar-refractivity contribution in [3.8, 4) is 0 Å². The Bertz CT molecular complexity index is 342. The maximum absolute atomic E-state index is 10.4. The summed E-state index contributed by atoms with van der Waals surface area (Å²) < 4.78 is 0. The standard InChI is InChI=1S/C14H20OS/c1-12-6-5-7-13(10-12)16-11-14(15)8-3-2-4-9-14/h5-7,10,15H,2-4,8-9,11H2,1H3. The molecule has 1 aromatic rings. The predicted octanol–water partition coefficient (Wildman–Crippen LogP) is 3.78. The largest absolute Gasteiger partial charge is 0.389 e. The summed E-state index contributed by atoms with van der Waals surface area (Å²) in [7, 11) is 0. The fraction of sp³-hybridized carbons (Fsp3) is 0.571. The summed E-state index contributed by atoms with van der Waals surface area (Å²) in [5.74, 6) is 0.844. The average Bonchev–Trinajstić information content (AvgIpc) is 2.28. The average molecular weight is 236 g/mol. The summed E-state index contributed by atoms with van der Waals surface area (Å²) in [6.07, 6.45) is 5.62. The van der Waals surface area contributed by atoms with E-state index in [-0.39, 0.29) is 0 Å². The van der Waals surface area contributed by atoms with Crippen LogP contribution in [0.4, 0.5) is 0 Å². The van der Waals surface area contributed by atoms with Gasteiger partial charge in [-0.05, 0) is 31.9 Å². The Morgan fingerprint density at radius 2 is 2.00 bits per heavy atom. The maximum Gasteiger partial charge on any atom is 0.0741 e. The molecule has 0 atom stereocenters. The third-order valence-electron chi connectivity index (χ3n) is 3.28. The molecule has 0 amide bonds. The minimum atomic E-state index is -0.410. The lowest BCUT2D eigenvalue weighted by molar-refractivity contribution is 0.0273. The molecular weight excluding hydrogens is 216 g/mol. The van der Waals surface area contributed by atoms with Gasteiger partial charge in [-0.25, -0.2) is 0 Å². The Morgan fingerprint density at radius 1 is 1.25 bits per heavy atom. The highest BCUT2D eigenvalue weighted by atomic mass is 32.2. The second kappa shape index (κ2) is 5.24. The fourth-order valence-electron chi connectivity index (χ4n) is 2.28. The highest BCUT2D eigenvalue weighted by Gasteiger charge is 2.28. The number of hydrogen-bond donors (Lipinski definition) is 1. The third kappa shape index (κ3) is 3.26. The normalized spacial score (nSPS) is 19.6. The molecule has 2 heteroatoms. The van der Waals surface area contributed by atoms with E-state index in [0.29, 0.717) is 0 Å². The van der Waals surface area contributed by atoms with Gasteiger partial charge in [-0.2, -0.15) is 0 Å². The molecule has 1 saturated carbocycles. The molecule has 1 N–H and O–H groups in total. The number of rotatable bonds is 3. The van der Waals surface area contributed by atoms with Crippen LogP contribution in [0, 0.1) is 6.92 Å². The maximum atomic E-state index is 10.4. The van der Waals surface area contributed by atoms with Crippen LogP contribution in [-0.4, -0.2) is 16.5 Å². The number of thioether (sulfide) groups is 1. The monoisotopic (exact) mass is 236 g/mol. The van der Waals surface area contributed by atoms with Gasteiger partial charge in [0.05, 0.1) is 5.60 Å². The van der Waals surface area contributed by atoms with E-state index >= 15 is 0 Å². The van der Waals surface area contributed by atoms with Crippen molar-refractivity contribution in [2.24, 2.45) is 0 Å². The van der Waals surface area contributed by atoms with Crippen LogP contribution in [-0.2, 0) is 0 Å². The van der Waals surface area contributed by atoms with E-state index in [2.05, 4.69) is 31.2 Å². The van der Waals surface area contributed by atoms with Crippen LogP contribution in [0.5, 0.6) is 0 Å². The van der Waals surface area contributed by atoms with Gasteiger partial charge in [-0.3, -0.25) is 0 Å². The van der Waals surface area contributed by atoms with Crippen LogP contribution >= 0.6 is 11.8 Å². The highest BCUT2D eigenvalue weighted by Crippen LogP contribution is 2.33. The molecule has 0 unspecified atom stereocenters. The van der Waals surface area contributed by atoms with Crippen LogP contribution < -0.4 is 0 Å². The van der Waals surface area contributed by atoms with E-state index in [4.69, 9.17) is 0 Å². The van der Waals surface area contributed by atoms with Crippen molar-refractivity contribution in [2.75, 3.05) is 5.75 Å². The number of aliphatic hydroxyl groups is 1. The lowest BCUT2D eigenvalue weighted by Crippen LogP contribution is -2.33. The molecule has 0 radical (unpaired) electrons. The molecule has 88 valence electrons. The molecule has 0 saturated heterocycles. The van der Waals surface area contributed by atoms with Gasteiger partial charge >= 0.3 is 0 Å². The number of benzene rings is 1. The van der Waals surface area contributed by atoms with Crippen LogP contribution in [0.2, 0.25) is 0 Å². The highest BCUT2D eigenvalue weighted by molar-refractivity contribution is 7.99. The first-order valence-electron chi connectivity index (χ1n) is 6.10. The quantitative estimate of drug-likeness (QED) is 0.806. The van der Waals surface area contributed by atoms with Gasteiger partial charge in [0, 0.05) is 10.6 Å². The summed E-state index contributed by atoms with van der Waals surface area (Å²) in [6, 6.07) is 8.52. The molecule has 0 aromatic heterocycles. The summed E-state index contributed by atoms with van der Waals surface area (Å²) in [4.78, 5) is 1.28. The molecule has 1 aliphatic rings. The van der Waals surface area contributed by atoms with E-state index in [1.165, 1.54) is 29.7 Å². The van der Waals surface area contributed by atoms with Gasteiger partial charge in [-0.1, -0.05) is 37.0 Å². The van der Waals surface area contributed by atoms with E-state index < -0.39 is 5.60 Å². The van der Waals surface area contributed by atoms with Crippen molar-refractivity contribution in [2.45, 2.75) is 49.5 Å². The second-order valence-electron chi connectivity index (χ2n) is 4.89. The van der Waals surface area contributed by atoms with Crippen LogP contribution in [0.1, 0.15) is 37.7 Å². The van der Waals surface area contributed by atoms with Crippen molar-refractivity contribution >= 4 is 11.8 Å². The van der Waals surface area contributed by atoms with Crippen LogP contribution in [0.25, 0.3) is 0 Å². The molecule has 0 bridgehead atoms. The SMILES string of the molecule is Cc1cccc(SCC2(O)CCCCC2)c1. The summed E-state index contributed by atoms with van der Waals surface area (Å²) in [6.45, 7) is 2.11. The van der Waals surface area contributed by atoms with E-state index in [1.54, 1.807) is 11.8 Å².